The molecule has 2 rings (SSSR count). The van der Waals surface area contributed by atoms with Gasteiger partial charge in [-0.05, 0) is 24.1 Å². The molecule has 14 heavy (non-hydrogen) atoms. The average Bonchev–Trinajstić information content (AvgIpc) is 2.64. The molecule has 0 aliphatic carbocycles. The number of aryl methyl sites for hydroxylation is 1. The first-order valence-electron chi connectivity index (χ1n) is 4.51. The van der Waals surface area contributed by atoms with E-state index in [2.05, 4.69) is 15.0 Å². The van der Waals surface area contributed by atoms with E-state index in [-0.39, 0.29) is 5.97 Å². The highest BCUT2D eigenvalue weighted by Crippen LogP contribution is 2.18. The molecule has 74 valence electrons. The molecule has 0 saturated heterocycles. The van der Waals surface area contributed by atoms with Crippen LogP contribution in [0.1, 0.15) is 27.3 Å². The molecule has 1 aliphatic rings. The maximum absolute atomic E-state index is 11.3. The van der Waals surface area contributed by atoms with Crippen molar-refractivity contribution in [1.29, 1.82) is 0 Å². The van der Waals surface area contributed by atoms with Crippen LogP contribution in [-0.2, 0) is 17.8 Å². The lowest BCUT2D eigenvalue weighted by Gasteiger charge is -2.05. The lowest BCUT2D eigenvalue weighted by atomic mass is 10.1. The van der Waals surface area contributed by atoms with Gasteiger partial charge in [0.1, 0.15) is 5.69 Å². The molecule has 2 heterocycles. The summed E-state index contributed by atoms with van der Waals surface area (Å²) in [6.07, 6.45) is 0. The number of fused-ring (bicyclic) bond motifs is 1. The van der Waals surface area contributed by atoms with Gasteiger partial charge >= 0.3 is 5.97 Å². The lowest BCUT2D eigenvalue weighted by molar-refractivity contribution is 0.0593. The number of carbonyl (C=O) groups excluding carboxylic acids is 1. The number of esters is 1. The summed E-state index contributed by atoms with van der Waals surface area (Å²) in [7, 11) is 1.37. The van der Waals surface area contributed by atoms with Crippen LogP contribution in [0.2, 0.25) is 0 Å². The zero-order chi connectivity index (χ0) is 10.1. The second-order valence-electron chi connectivity index (χ2n) is 3.34. The van der Waals surface area contributed by atoms with E-state index >= 15 is 0 Å². The first-order chi connectivity index (χ1) is 6.72. The SMILES string of the molecule is COC(=O)c1cc(C)c2c(n1)CNC2. The van der Waals surface area contributed by atoms with Crippen molar-refractivity contribution in [3.63, 3.8) is 0 Å². The number of methoxy groups -OCH3 is 1. The van der Waals surface area contributed by atoms with Gasteiger partial charge in [0.15, 0.2) is 0 Å². The van der Waals surface area contributed by atoms with Crippen LogP contribution in [0, 0.1) is 6.92 Å². The average molecular weight is 192 g/mol. The van der Waals surface area contributed by atoms with Crippen molar-refractivity contribution >= 4 is 5.97 Å². The second kappa shape index (κ2) is 3.38. The molecule has 0 spiro atoms. The number of pyridine rings is 1. The number of hydrogen-bond donors (Lipinski definition) is 1. The lowest BCUT2D eigenvalue weighted by Crippen LogP contribution is -2.07. The number of ether oxygens (including phenoxy) is 1. The van der Waals surface area contributed by atoms with Crippen molar-refractivity contribution in [2.75, 3.05) is 7.11 Å². The van der Waals surface area contributed by atoms with Crippen LogP contribution in [-0.4, -0.2) is 18.1 Å². The van der Waals surface area contributed by atoms with Crippen molar-refractivity contribution in [2.24, 2.45) is 0 Å². The summed E-state index contributed by atoms with van der Waals surface area (Å²) in [4.78, 5) is 15.5. The minimum absolute atomic E-state index is 0.372. The molecule has 4 heteroatoms. The first-order valence-corrected chi connectivity index (χ1v) is 4.51. The van der Waals surface area contributed by atoms with Gasteiger partial charge in [0.05, 0.1) is 12.8 Å². The Bertz CT molecular complexity index is 388. The fraction of sp³-hybridized carbons (Fsp3) is 0.400. The number of carbonyl (C=O) groups is 1. The minimum Gasteiger partial charge on any atom is -0.464 e. The molecule has 0 fully saturated rings. The van der Waals surface area contributed by atoms with Crippen LogP contribution in [0.4, 0.5) is 0 Å². The van der Waals surface area contributed by atoms with Gasteiger partial charge in [-0.15, -0.1) is 0 Å². The Morgan fingerprint density at radius 3 is 3.07 bits per heavy atom. The molecule has 1 aromatic heterocycles. The minimum atomic E-state index is -0.372. The molecule has 0 unspecified atom stereocenters. The second-order valence-corrected chi connectivity index (χ2v) is 3.34. The van der Waals surface area contributed by atoms with Gasteiger partial charge in [-0.3, -0.25) is 0 Å². The summed E-state index contributed by atoms with van der Waals surface area (Å²) in [6, 6.07) is 1.78. The van der Waals surface area contributed by atoms with Crippen LogP contribution in [0.5, 0.6) is 0 Å². The Kier molecular flexibility index (Phi) is 2.21. The van der Waals surface area contributed by atoms with E-state index in [9.17, 15) is 4.79 Å². The Hall–Kier alpha value is -1.42. The van der Waals surface area contributed by atoms with Crippen LogP contribution in [0.3, 0.4) is 0 Å². The smallest absolute Gasteiger partial charge is 0.356 e. The summed E-state index contributed by atoms with van der Waals surface area (Å²) in [5.41, 5.74) is 3.66. The van der Waals surface area contributed by atoms with E-state index in [0.717, 1.165) is 24.3 Å². The van der Waals surface area contributed by atoms with E-state index in [1.165, 1.54) is 12.7 Å². The Morgan fingerprint density at radius 2 is 2.36 bits per heavy atom. The molecular formula is C10H12N2O2. The standard InChI is InChI=1S/C10H12N2O2/c1-6-3-8(10(13)14-2)12-9-5-11-4-7(6)9/h3,11H,4-5H2,1-2H3. The van der Waals surface area contributed by atoms with E-state index in [1.54, 1.807) is 6.07 Å². The molecule has 1 aliphatic heterocycles. The van der Waals surface area contributed by atoms with Crippen molar-refractivity contribution < 1.29 is 9.53 Å². The van der Waals surface area contributed by atoms with Crippen molar-refractivity contribution in [2.45, 2.75) is 20.0 Å². The van der Waals surface area contributed by atoms with Crippen LogP contribution < -0.4 is 5.32 Å². The van der Waals surface area contributed by atoms with Gasteiger partial charge in [0, 0.05) is 13.1 Å². The quantitative estimate of drug-likeness (QED) is 0.668. The highest BCUT2D eigenvalue weighted by atomic mass is 16.5. The highest BCUT2D eigenvalue weighted by molar-refractivity contribution is 5.87. The predicted molar refractivity (Wildman–Crippen MR) is 50.9 cm³/mol. The molecule has 1 aromatic rings. The zero-order valence-corrected chi connectivity index (χ0v) is 8.26. The van der Waals surface area contributed by atoms with Crippen LogP contribution in [0.15, 0.2) is 6.07 Å². The molecule has 1 N–H and O–H groups in total. The van der Waals surface area contributed by atoms with E-state index in [1.807, 2.05) is 6.92 Å². The van der Waals surface area contributed by atoms with Gasteiger partial charge in [0.25, 0.3) is 0 Å². The van der Waals surface area contributed by atoms with Crippen molar-refractivity contribution in [3.8, 4) is 0 Å². The van der Waals surface area contributed by atoms with Crippen molar-refractivity contribution in [1.82, 2.24) is 10.3 Å². The third-order valence-electron chi connectivity index (χ3n) is 2.42. The van der Waals surface area contributed by atoms with E-state index < -0.39 is 0 Å². The molecule has 4 nitrogen and oxygen atoms in total. The van der Waals surface area contributed by atoms with Gasteiger partial charge in [0.2, 0.25) is 0 Å². The molecule has 0 atom stereocenters. The Morgan fingerprint density at radius 1 is 1.57 bits per heavy atom. The number of hydrogen-bond acceptors (Lipinski definition) is 4. The van der Waals surface area contributed by atoms with Gasteiger partial charge < -0.3 is 10.1 Å². The number of aromatic nitrogens is 1. The normalized spacial score (nSPS) is 13.9. The topological polar surface area (TPSA) is 51.2 Å². The Balaban J connectivity index is 2.46. The summed E-state index contributed by atoms with van der Waals surface area (Å²) >= 11 is 0. The number of nitrogens with one attached hydrogen (secondary N) is 1. The zero-order valence-electron chi connectivity index (χ0n) is 8.26. The first kappa shape index (κ1) is 9.15. The fourth-order valence-electron chi connectivity index (χ4n) is 1.67. The maximum Gasteiger partial charge on any atom is 0.356 e. The van der Waals surface area contributed by atoms with Gasteiger partial charge in [-0.2, -0.15) is 0 Å². The third kappa shape index (κ3) is 1.37. The maximum atomic E-state index is 11.3. The number of rotatable bonds is 1. The van der Waals surface area contributed by atoms with Gasteiger partial charge in [-0.1, -0.05) is 0 Å². The third-order valence-corrected chi connectivity index (χ3v) is 2.42. The van der Waals surface area contributed by atoms with E-state index in [0.29, 0.717) is 5.69 Å². The molecule has 0 radical (unpaired) electrons. The summed E-state index contributed by atoms with van der Waals surface area (Å²) in [5, 5.41) is 3.20. The molecular weight excluding hydrogens is 180 g/mol. The largest absolute Gasteiger partial charge is 0.464 e. The molecule has 0 aromatic carbocycles. The van der Waals surface area contributed by atoms with Gasteiger partial charge in [-0.25, -0.2) is 9.78 Å². The highest BCUT2D eigenvalue weighted by Gasteiger charge is 2.18. The predicted octanol–water partition coefficient (Wildman–Crippen LogP) is 0.780. The van der Waals surface area contributed by atoms with E-state index in [4.69, 9.17) is 0 Å². The Labute approximate surface area is 82.3 Å². The van der Waals surface area contributed by atoms with Crippen LogP contribution in [0.25, 0.3) is 0 Å². The number of nitrogens with zero attached hydrogens (tertiary/aromatic N) is 1. The fourth-order valence-corrected chi connectivity index (χ4v) is 1.67. The summed E-state index contributed by atoms with van der Waals surface area (Å²) in [6.45, 7) is 3.57. The molecule has 0 saturated carbocycles. The molecule has 0 bridgehead atoms. The summed E-state index contributed by atoms with van der Waals surface area (Å²) in [5.74, 6) is -0.372. The molecule has 0 amide bonds. The monoisotopic (exact) mass is 192 g/mol. The van der Waals surface area contributed by atoms with Crippen molar-refractivity contribution in [3.05, 3.63) is 28.6 Å². The summed E-state index contributed by atoms with van der Waals surface area (Å²) < 4.78 is 4.63. The van der Waals surface area contributed by atoms with Crippen LogP contribution >= 0.6 is 0 Å².